The zero-order valence-corrected chi connectivity index (χ0v) is 8.20. The molecule has 0 radical (unpaired) electrons. The predicted molar refractivity (Wildman–Crippen MR) is 48.5 cm³/mol. The lowest BCUT2D eigenvalue weighted by molar-refractivity contribution is 0.0731. The Labute approximate surface area is 77.6 Å². The fraction of sp³-hybridized carbons (Fsp3) is 0.556. The van der Waals surface area contributed by atoms with Gasteiger partial charge in [0.15, 0.2) is 0 Å². The fourth-order valence-corrected chi connectivity index (χ4v) is 1.10. The van der Waals surface area contributed by atoms with E-state index in [0.717, 1.165) is 0 Å². The number of hydrogen-bond donors (Lipinski definition) is 0. The quantitative estimate of drug-likeness (QED) is 0.711. The number of aromatic nitrogens is 1. The average molecular weight is 182 g/mol. The van der Waals surface area contributed by atoms with Crippen LogP contribution in [0.3, 0.4) is 0 Å². The lowest BCUT2D eigenvalue weighted by Crippen LogP contribution is -2.30. The molecule has 0 spiro atoms. The van der Waals surface area contributed by atoms with Crippen molar-refractivity contribution in [2.45, 2.75) is 20.8 Å². The first kappa shape index (κ1) is 9.77. The lowest BCUT2D eigenvalue weighted by Gasteiger charge is -2.15. The summed E-state index contributed by atoms with van der Waals surface area (Å²) in [5, 5.41) is 0. The summed E-state index contributed by atoms with van der Waals surface area (Å²) in [5.74, 6) is 0.704. The van der Waals surface area contributed by atoms with E-state index in [1.807, 2.05) is 13.8 Å². The highest BCUT2D eigenvalue weighted by molar-refractivity contribution is 5.89. The first-order chi connectivity index (χ1) is 6.19. The topological polar surface area (TPSA) is 46.3 Å². The summed E-state index contributed by atoms with van der Waals surface area (Å²) in [6.45, 7) is 6.98. The molecule has 4 nitrogen and oxygen atoms in total. The molecule has 1 amide bonds. The Balaban J connectivity index is 2.78. The number of nitrogens with zero attached hydrogens (tertiary/aromatic N) is 2. The van der Waals surface area contributed by atoms with Crippen molar-refractivity contribution in [3.8, 4) is 0 Å². The summed E-state index contributed by atoms with van der Waals surface area (Å²) in [7, 11) is 0. The Morgan fingerprint density at radius 2 is 2.15 bits per heavy atom. The monoisotopic (exact) mass is 182 g/mol. The van der Waals surface area contributed by atoms with Crippen molar-refractivity contribution in [1.29, 1.82) is 0 Å². The molecule has 0 bridgehead atoms. The van der Waals surface area contributed by atoms with Gasteiger partial charge in [-0.2, -0.15) is 0 Å². The van der Waals surface area contributed by atoms with Crippen molar-refractivity contribution in [2.75, 3.05) is 13.1 Å². The minimum atomic E-state index is -0.141. The van der Waals surface area contributed by atoms with E-state index in [9.17, 15) is 4.79 Å². The highest BCUT2D eigenvalue weighted by Gasteiger charge is 2.17. The molecule has 4 heteroatoms. The molecule has 1 heterocycles. The van der Waals surface area contributed by atoms with Crippen molar-refractivity contribution < 1.29 is 9.21 Å². The van der Waals surface area contributed by atoms with Crippen LogP contribution in [-0.2, 0) is 0 Å². The van der Waals surface area contributed by atoms with Crippen LogP contribution in [0.4, 0.5) is 0 Å². The molecular weight excluding hydrogens is 168 g/mol. The maximum absolute atomic E-state index is 11.6. The van der Waals surface area contributed by atoms with Gasteiger partial charge in [-0.15, -0.1) is 0 Å². The molecule has 13 heavy (non-hydrogen) atoms. The molecule has 0 aliphatic rings. The van der Waals surface area contributed by atoms with Crippen LogP contribution in [0.15, 0.2) is 10.6 Å². The highest BCUT2D eigenvalue weighted by Crippen LogP contribution is 2.05. The summed E-state index contributed by atoms with van der Waals surface area (Å²) in [5.41, 5.74) is 0. The van der Waals surface area contributed by atoms with Crippen LogP contribution in [-0.4, -0.2) is 28.9 Å². The summed E-state index contributed by atoms with van der Waals surface area (Å²) in [6.07, 6.45) is 1.55. The van der Waals surface area contributed by atoms with Gasteiger partial charge >= 0.3 is 5.91 Å². The molecule has 0 atom stereocenters. The Kier molecular flexibility index (Phi) is 3.06. The normalized spacial score (nSPS) is 10.1. The molecule has 0 saturated heterocycles. The zero-order valence-electron chi connectivity index (χ0n) is 8.20. The third-order valence-electron chi connectivity index (χ3n) is 1.85. The minimum Gasteiger partial charge on any atom is -0.438 e. The molecule has 72 valence electrons. The van der Waals surface area contributed by atoms with Gasteiger partial charge in [-0.05, 0) is 20.8 Å². The largest absolute Gasteiger partial charge is 0.438 e. The first-order valence-corrected chi connectivity index (χ1v) is 4.40. The average Bonchev–Trinajstić information content (AvgIpc) is 2.54. The SMILES string of the molecule is CCN(CC)C(=O)c1ncc(C)o1. The maximum atomic E-state index is 11.6. The van der Waals surface area contributed by atoms with E-state index in [1.165, 1.54) is 0 Å². The molecule has 0 aliphatic heterocycles. The van der Waals surface area contributed by atoms with E-state index >= 15 is 0 Å². The van der Waals surface area contributed by atoms with E-state index < -0.39 is 0 Å². The summed E-state index contributed by atoms with van der Waals surface area (Å²) >= 11 is 0. The van der Waals surface area contributed by atoms with Gasteiger partial charge in [-0.3, -0.25) is 4.79 Å². The van der Waals surface area contributed by atoms with Gasteiger partial charge in [-0.25, -0.2) is 4.98 Å². The number of carbonyl (C=O) groups is 1. The van der Waals surface area contributed by atoms with Crippen LogP contribution >= 0.6 is 0 Å². The molecule has 0 aromatic carbocycles. The van der Waals surface area contributed by atoms with Crippen LogP contribution < -0.4 is 0 Å². The minimum absolute atomic E-state index is 0.141. The number of aryl methyl sites for hydroxylation is 1. The number of hydrogen-bond acceptors (Lipinski definition) is 3. The molecule has 1 aromatic heterocycles. The van der Waals surface area contributed by atoms with Crippen LogP contribution in [0, 0.1) is 6.92 Å². The predicted octanol–water partition coefficient (Wildman–Crippen LogP) is 1.47. The Morgan fingerprint density at radius 3 is 2.54 bits per heavy atom. The van der Waals surface area contributed by atoms with Crippen molar-refractivity contribution in [3.05, 3.63) is 17.8 Å². The van der Waals surface area contributed by atoms with Gasteiger partial charge in [0.25, 0.3) is 5.89 Å². The Bertz CT molecular complexity index is 290. The van der Waals surface area contributed by atoms with Gasteiger partial charge in [0.1, 0.15) is 5.76 Å². The lowest BCUT2D eigenvalue weighted by atomic mass is 10.4. The first-order valence-electron chi connectivity index (χ1n) is 4.40. The third kappa shape index (κ3) is 2.08. The second kappa shape index (κ2) is 4.07. The van der Waals surface area contributed by atoms with Crippen molar-refractivity contribution in [1.82, 2.24) is 9.88 Å². The van der Waals surface area contributed by atoms with Crippen molar-refractivity contribution in [2.24, 2.45) is 0 Å². The number of oxazole rings is 1. The van der Waals surface area contributed by atoms with Gasteiger partial charge in [0, 0.05) is 13.1 Å². The van der Waals surface area contributed by atoms with Crippen LogP contribution in [0.1, 0.15) is 30.3 Å². The molecule has 0 N–H and O–H groups in total. The van der Waals surface area contributed by atoms with E-state index in [4.69, 9.17) is 4.42 Å². The van der Waals surface area contributed by atoms with E-state index in [0.29, 0.717) is 18.8 Å². The Morgan fingerprint density at radius 1 is 1.54 bits per heavy atom. The molecule has 0 saturated carbocycles. The van der Waals surface area contributed by atoms with Gasteiger partial charge in [0.05, 0.1) is 6.20 Å². The second-order valence-electron chi connectivity index (χ2n) is 2.75. The molecular formula is C9H14N2O2. The molecule has 1 rings (SSSR count). The third-order valence-corrected chi connectivity index (χ3v) is 1.85. The maximum Gasteiger partial charge on any atom is 0.309 e. The number of carbonyl (C=O) groups excluding carboxylic acids is 1. The van der Waals surface area contributed by atoms with Crippen LogP contribution in [0.2, 0.25) is 0 Å². The molecule has 0 unspecified atom stereocenters. The second-order valence-corrected chi connectivity index (χ2v) is 2.75. The summed E-state index contributed by atoms with van der Waals surface area (Å²) in [6, 6.07) is 0. The van der Waals surface area contributed by atoms with Gasteiger partial charge in [0.2, 0.25) is 0 Å². The van der Waals surface area contributed by atoms with Gasteiger partial charge < -0.3 is 9.32 Å². The molecule has 0 aliphatic carbocycles. The Hall–Kier alpha value is -1.32. The van der Waals surface area contributed by atoms with E-state index in [1.54, 1.807) is 18.0 Å². The number of rotatable bonds is 3. The highest BCUT2D eigenvalue weighted by atomic mass is 16.4. The van der Waals surface area contributed by atoms with Crippen LogP contribution in [0.5, 0.6) is 0 Å². The molecule has 0 fully saturated rings. The number of amides is 1. The van der Waals surface area contributed by atoms with Gasteiger partial charge in [-0.1, -0.05) is 0 Å². The van der Waals surface area contributed by atoms with E-state index in [2.05, 4.69) is 4.98 Å². The van der Waals surface area contributed by atoms with Crippen molar-refractivity contribution in [3.63, 3.8) is 0 Å². The van der Waals surface area contributed by atoms with Crippen molar-refractivity contribution >= 4 is 5.91 Å². The van der Waals surface area contributed by atoms with Crippen LogP contribution in [0.25, 0.3) is 0 Å². The molecule has 1 aromatic rings. The summed E-state index contributed by atoms with van der Waals surface area (Å²) < 4.78 is 5.13. The van der Waals surface area contributed by atoms with E-state index in [-0.39, 0.29) is 11.8 Å². The smallest absolute Gasteiger partial charge is 0.309 e. The zero-order chi connectivity index (χ0) is 9.84. The fourth-order valence-electron chi connectivity index (χ4n) is 1.10. The standard InChI is InChI=1S/C9H14N2O2/c1-4-11(5-2)9(12)8-10-6-7(3)13-8/h6H,4-5H2,1-3H3. The summed E-state index contributed by atoms with van der Waals surface area (Å²) in [4.78, 5) is 17.1.